The Morgan fingerprint density at radius 1 is 1.50 bits per heavy atom. The molecule has 0 aliphatic carbocycles. The van der Waals surface area contributed by atoms with Crippen molar-refractivity contribution in [1.29, 1.82) is 0 Å². The van der Waals surface area contributed by atoms with Gasteiger partial charge in [-0.2, -0.15) is 0 Å². The molecule has 1 aliphatic heterocycles. The summed E-state index contributed by atoms with van der Waals surface area (Å²) in [6.07, 6.45) is 6.03. The molecule has 0 aromatic carbocycles. The first kappa shape index (κ1) is 9.21. The highest BCUT2D eigenvalue weighted by molar-refractivity contribution is 5.85. The average molecular weight is 191 g/mol. The second kappa shape index (κ2) is 4.24. The molecule has 0 saturated carbocycles. The molecule has 1 aromatic rings. The average Bonchev–Trinajstić information content (AvgIpc) is 2.67. The lowest BCUT2D eigenvalue weighted by atomic mass is 10.1. The molecule has 2 rings (SSSR count). The van der Waals surface area contributed by atoms with E-state index in [1.165, 1.54) is 5.57 Å². The van der Waals surface area contributed by atoms with Crippen LogP contribution in [-0.4, -0.2) is 17.9 Å². The summed E-state index contributed by atoms with van der Waals surface area (Å²) >= 11 is 0. The maximum Gasteiger partial charge on any atom is 0.130 e. The lowest BCUT2D eigenvalue weighted by Crippen LogP contribution is -1.95. The van der Waals surface area contributed by atoms with Crippen LogP contribution in [0, 0.1) is 0 Å². The SMILES string of the molecule is OCc1ccc(/C=C2/C=NCCC2)o1. The van der Waals surface area contributed by atoms with Crippen LogP contribution in [0.1, 0.15) is 24.4 Å². The molecule has 0 saturated heterocycles. The van der Waals surface area contributed by atoms with Gasteiger partial charge in [-0.1, -0.05) is 0 Å². The van der Waals surface area contributed by atoms with E-state index in [1.54, 1.807) is 6.07 Å². The molecular weight excluding hydrogens is 178 g/mol. The molecule has 1 aromatic heterocycles. The van der Waals surface area contributed by atoms with Gasteiger partial charge >= 0.3 is 0 Å². The Kier molecular flexibility index (Phi) is 2.79. The summed E-state index contributed by atoms with van der Waals surface area (Å²) in [5, 5.41) is 8.82. The molecule has 0 unspecified atom stereocenters. The minimum atomic E-state index is -0.0444. The number of hydrogen-bond donors (Lipinski definition) is 1. The summed E-state index contributed by atoms with van der Waals surface area (Å²) in [5.41, 5.74) is 1.19. The Morgan fingerprint density at radius 2 is 2.43 bits per heavy atom. The lowest BCUT2D eigenvalue weighted by molar-refractivity contribution is 0.246. The summed E-state index contributed by atoms with van der Waals surface area (Å²) in [6.45, 7) is 0.884. The van der Waals surface area contributed by atoms with Gasteiger partial charge in [-0.3, -0.25) is 4.99 Å². The van der Waals surface area contributed by atoms with Gasteiger partial charge in [-0.05, 0) is 36.6 Å². The van der Waals surface area contributed by atoms with Crippen molar-refractivity contribution in [1.82, 2.24) is 0 Å². The third-order valence-corrected chi connectivity index (χ3v) is 2.18. The fourth-order valence-electron chi connectivity index (χ4n) is 1.47. The van der Waals surface area contributed by atoms with E-state index in [0.29, 0.717) is 5.76 Å². The smallest absolute Gasteiger partial charge is 0.130 e. The fraction of sp³-hybridized carbons (Fsp3) is 0.364. The molecule has 0 amide bonds. The molecule has 14 heavy (non-hydrogen) atoms. The van der Waals surface area contributed by atoms with Crippen LogP contribution in [0.3, 0.4) is 0 Å². The maximum atomic E-state index is 8.82. The first-order chi connectivity index (χ1) is 6.88. The quantitative estimate of drug-likeness (QED) is 0.777. The number of aliphatic hydroxyl groups is 1. The number of allylic oxidation sites excluding steroid dienone is 1. The highest BCUT2D eigenvalue weighted by Gasteiger charge is 2.02. The number of furan rings is 1. The topological polar surface area (TPSA) is 45.7 Å². The van der Waals surface area contributed by atoms with Crippen molar-refractivity contribution >= 4 is 12.3 Å². The second-order valence-electron chi connectivity index (χ2n) is 3.32. The Balaban J connectivity index is 2.15. The van der Waals surface area contributed by atoms with Gasteiger partial charge in [-0.25, -0.2) is 0 Å². The minimum absolute atomic E-state index is 0.0444. The molecule has 3 nitrogen and oxygen atoms in total. The summed E-state index contributed by atoms with van der Waals surface area (Å²) in [5.74, 6) is 1.39. The Hall–Kier alpha value is -1.35. The van der Waals surface area contributed by atoms with Crippen LogP contribution in [0.15, 0.2) is 27.1 Å². The molecule has 0 bridgehead atoms. The van der Waals surface area contributed by atoms with Crippen LogP contribution in [0.4, 0.5) is 0 Å². The Bertz CT molecular complexity index is 363. The van der Waals surface area contributed by atoms with Crippen LogP contribution >= 0.6 is 0 Å². The van der Waals surface area contributed by atoms with Crippen molar-refractivity contribution in [2.75, 3.05) is 6.54 Å². The molecular formula is C11H13NO2. The maximum absolute atomic E-state index is 8.82. The van der Waals surface area contributed by atoms with E-state index >= 15 is 0 Å². The predicted octanol–water partition coefficient (Wildman–Crippen LogP) is 2.02. The second-order valence-corrected chi connectivity index (χ2v) is 3.32. The number of aliphatic imine (C=N–C) groups is 1. The van der Waals surface area contributed by atoms with E-state index in [4.69, 9.17) is 9.52 Å². The van der Waals surface area contributed by atoms with Gasteiger partial charge < -0.3 is 9.52 Å². The van der Waals surface area contributed by atoms with Gasteiger partial charge in [0.25, 0.3) is 0 Å². The Labute approximate surface area is 82.8 Å². The lowest BCUT2D eigenvalue weighted by Gasteiger charge is -2.04. The van der Waals surface area contributed by atoms with Gasteiger partial charge in [0, 0.05) is 12.8 Å². The first-order valence-corrected chi connectivity index (χ1v) is 4.78. The van der Waals surface area contributed by atoms with Gasteiger partial charge in [0.15, 0.2) is 0 Å². The van der Waals surface area contributed by atoms with Crippen LogP contribution in [0.25, 0.3) is 6.08 Å². The molecule has 1 aliphatic rings. The summed E-state index contributed by atoms with van der Waals surface area (Å²) in [7, 11) is 0. The number of aliphatic hydroxyl groups excluding tert-OH is 1. The summed E-state index contributed by atoms with van der Waals surface area (Å²) < 4.78 is 5.35. The third kappa shape index (κ3) is 2.12. The summed E-state index contributed by atoms with van der Waals surface area (Å²) in [6, 6.07) is 3.65. The standard InChI is InChI=1S/C11H13NO2/c13-8-11-4-3-10(14-11)6-9-2-1-5-12-7-9/h3-4,6-7,13H,1-2,5,8H2/b9-6+. The van der Waals surface area contributed by atoms with Crippen LogP contribution in [-0.2, 0) is 6.61 Å². The molecule has 1 N–H and O–H groups in total. The van der Waals surface area contributed by atoms with Crippen molar-refractivity contribution in [3.8, 4) is 0 Å². The van der Waals surface area contributed by atoms with Crippen molar-refractivity contribution in [2.24, 2.45) is 4.99 Å². The molecule has 3 heteroatoms. The van der Waals surface area contributed by atoms with Crippen LogP contribution < -0.4 is 0 Å². The summed E-state index contributed by atoms with van der Waals surface area (Å²) in [4.78, 5) is 4.20. The molecule has 0 atom stereocenters. The van der Waals surface area contributed by atoms with Crippen molar-refractivity contribution in [3.05, 3.63) is 29.2 Å². The number of nitrogens with zero attached hydrogens (tertiary/aromatic N) is 1. The third-order valence-electron chi connectivity index (χ3n) is 2.18. The van der Waals surface area contributed by atoms with E-state index in [2.05, 4.69) is 4.99 Å². The molecule has 0 fully saturated rings. The van der Waals surface area contributed by atoms with Crippen molar-refractivity contribution < 1.29 is 9.52 Å². The van der Waals surface area contributed by atoms with E-state index < -0.39 is 0 Å². The zero-order valence-electron chi connectivity index (χ0n) is 7.94. The Morgan fingerprint density at radius 3 is 3.07 bits per heavy atom. The van der Waals surface area contributed by atoms with Crippen molar-refractivity contribution in [3.63, 3.8) is 0 Å². The van der Waals surface area contributed by atoms with Gasteiger partial charge in [-0.15, -0.1) is 0 Å². The zero-order valence-corrected chi connectivity index (χ0v) is 7.94. The van der Waals surface area contributed by atoms with E-state index in [-0.39, 0.29) is 6.61 Å². The number of rotatable bonds is 2. The van der Waals surface area contributed by atoms with Gasteiger partial charge in [0.05, 0.1) is 0 Å². The minimum Gasteiger partial charge on any atom is -0.459 e. The molecule has 0 radical (unpaired) electrons. The largest absolute Gasteiger partial charge is 0.459 e. The van der Waals surface area contributed by atoms with Crippen LogP contribution in [0.2, 0.25) is 0 Å². The fourth-order valence-corrected chi connectivity index (χ4v) is 1.47. The van der Waals surface area contributed by atoms with Crippen LogP contribution in [0.5, 0.6) is 0 Å². The van der Waals surface area contributed by atoms with Gasteiger partial charge in [0.2, 0.25) is 0 Å². The van der Waals surface area contributed by atoms with E-state index in [1.807, 2.05) is 18.4 Å². The zero-order chi connectivity index (χ0) is 9.80. The number of hydrogen-bond acceptors (Lipinski definition) is 3. The monoisotopic (exact) mass is 191 g/mol. The van der Waals surface area contributed by atoms with E-state index in [0.717, 1.165) is 25.1 Å². The molecule has 74 valence electrons. The molecule has 2 heterocycles. The predicted molar refractivity (Wildman–Crippen MR) is 55.2 cm³/mol. The highest BCUT2D eigenvalue weighted by atomic mass is 16.4. The van der Waals surface area contributed by atoms with E-state index in [9.17, 15) is 0 Å². The normalized spacial score (nSPS) is 19.1. The molecule has 0 spiro atoms. The van der Waals surface area contributed by atoms with Gasteiger partial charge in [0.1, 0.15) is 18.1 Å². The highest BCUT2D eigenvalue weighted by Crippen LogP contribution is 2.15. The first-order valence-electron chi connectivity index (χ1n) is 4.78. The van der Waals surface area contributed by atoms with Crippen molar-refractivity contribution in [2.45, 2.75) is 19.4 Å².